The Hall–Kier alpha value is -1.26. The van der Waals surface area contributed by atoms with E-state index in [1.807, 2.05) is 12.1 Å². The van der Waals surface area contributed by atoms with E-state index in [-0.39, 0.29) is 11.9 Å². The summed E-state index contributed by atoms with van der Waals surface area (Å²) in [6.45, 7) is 3.10. The van der Waals surface area contributed by atoms with Crippen LogP contribution in [-0.4, -0.2) is 36.0 Å². The zero-order chi connectivity index (χ0) is 13.8. The fourth-order valence-electron chi connectivity index (χ4n) is 2.25. The molecule has 0 aromatic heterocycles. The zero-order valence-corrected chi connectivity index (χ0v) is 11.8. The van der Waals surface area contributed by atoms with E-state index in [1.165, 1.54) is 0 Å². The van der Waals surface area contributed by atoms with Gasteiger partial charge in [-0.1, -0.05) is 23.7 Å². The number of carbonyl (C=O) groups excluding carboxylic acids is 1. The van der Waals surface area contributed by atoms with Gasteiger partial charge < -0.3 is 15.4 Å². The number of nitrogens with two attached hydrogens (primary N) is 1. The molecule has 4 nitrogen and oxygen atoms in total. The lowest BCUT2D eigenvalue weighted by atomic mass is 10.1. The van der Waals surface area contributed by atoms with E-state index < -0.39 is 6.10 Å². The van der Waals surface area contributed by atoms with Crippen molar-refractivity contribution in [3.05, 3.63) is 29.3 Å². The number of benzene rings is 1. The fourth-order valence-corrected chi connectivity index (χ4v) is 2.43. The monoisotopic (exact) mass is 282 g/mol. The molecule has 2 N–H and O–H groups in total. The molecule has 1 aliphatic rings. The van der Waals surface area contributed by atoms with Crippen LogP contribution in [0.4, 0.5) is 0 Å². The third-order valence-electron chi connectivity index (χ3n) is 3.26. The maximum atomic E-state index is 12.3. The molecule has 0 saturated carbocycles. The third kappa shape index (κ3) is 3.61. The minimum atomic E-state index is -0.551. The Balaban J connectivity index is 1.97. The van der Waals surface area contributed by atoms with Gasteiger partial charge in [0.05, 0.1) is 5.02 Å². The quantitative estimate of drug-likeness (QED) is 0.923. The van der Waals surface area contributed by atoms with E-state index in [2.05, 4.69) is 0 Å². The molecule has 2 atom stereocenters. The second-order valence-electron chi connectivity index (χ2n) is 4.88. The molecule has 1 fully saturated rings. The molecule has 1 aromatic rings. The Labute approximate surface area is 118 Å². The van der Waals surface area contributed by atoms with Crippen LogP contribution < -0.4 is 10.5 Å². The van der Waals surface area contributed by atoms with Gasteiger partial charge in [-0.05, 0) is 31.9 Å². The number of amides is 1. The van der Waals surface area contributed by atoms with Crippen LogP contribution in [0, 0.1) is 0 Å². The number of nitrogens with zero attached hydrogens (tertiary/aromatic N) is 1. The van der Waals surface area contributed by atoms with Gasteiger partial charge in [0.25, 0.3) is 5.91 Å². The molecule has 5 heteroatoms. The first-order valence-corrected chi connectivity index (χ1v) is 6.91. The van der Waals surface area contributed by atoms with Gasteiger partial charge >= 0.3 is 0 Å². The van der Waals surface area contributed by atoms with Crippen molar-refractivity contribution in [1.29, 1.82) is 0 Å². The lowest BCUT2D eigenvalue weighted by molar-refractivity contribution is -0.139. The Kier molecular flexibility index (Phi) is 4.66. The largest absolute Gasteiger partial charge is 0.479 e. The highest BCUT2D eigenvalue weighted by Gasteiger charge is 2.26. The lowest BCUT2D eigenvalue weighted by Crippen LogP contribution is -2.49. The maximum Gasteiger partial charge on any atom is 0.263 e. The molecule has 0 unspecified atom stereocenters. The van der Waals surface area contributed by atoms with Crippen molar-refractivity contribution >= 4 is 17.5 Å². The van der Waals surface area contributed by atoms with Crippen LogP contribution in [0.3, 0.4) is 0 Å². The average Bonchev–Trinajstić information content (AvgIpc) is 2.40. The molecular formula is C14H19ClN2O2. The summed E-state index contributed by atoms with van der Waals surface area (Å²) in [5, 5.41) is 0.512. The summed E-state index contributed by atoms with van der Waals surface area (Å²) in [4.78, 5) is 14.0. The highest BCUT2D eigenvalue weighted by molar-refractivity contribution is 6.32. The molecule has 2 rings (SSSR count). The van der Waals surface area contributed by atoms with Gasteiger partial charge in [0, 0.05) is 19.1 Å². The van der Waals surface area contributed by atoms with Crippen LogP contribution in [0.15, 0.2) is 24.3 Å². The van der Waals surface area contributed by atoms with E-state index in [1.54, 1.807) is 24.0 Å². The van der Waals surface area contributed by atoms with Crippen LogP contribution in [-0.2, 0) is 4.79 Å². The highest BCUT2D eigenvalue weighted by Crippen LogP contribution is 2.24. The van der Waals surface area contributed by atoms with Gasteiger partial charge in [0.15, 0.2) is 6.10 Å². The number of rotatable bonds is 3. The topological polar surface area (TPSA) is 55.6 Å². The molecule has 19 heavy (non-hydrogen) atoms. The number of piperidine rings is 1. The number of ether oxygens (including phenoxy) is 1. The summed E-state index contributed by atoms with van der Waals surface area (Å²) < 4.78 is 5.63. The maximum absolute atomic E-state index is 12.3. The number of halogens is 1. The van der Waals surface area contributed by atoms with Gasteiger partial charge in [-0.15, -0.1) is 0 Å². The lowest BCUT2D eigenvalue weighted by Gasteiger charge is -2.32. The molecule has 0 bridgehead atoms. The van der Waals surface area contributed by atoms with E-state index in [9.17, 15) is 4.79 Å². The van der Waals surface area contributed by atoms with Crippen LogP contribution in [0.1, 0.15) is 19.8 Å². The SMILES string of the molecule is C[C@@H](Oc1ccccc1Cl)C(=O)N1CCC[C@@H](N)C1. The number of para-hydroxylation sites is 1. The van der Waals surface area contributed by atoms with Crippen molar-refractivity contribution in [3.63, 3.8) is 0 Å². The minimum absolute atomic E-state index is 0.0323. The molecule has 0 spiro atoms. The van der Waals surface area contributed by atoms with Crippen molar-refractivity contribution in [2.75, 3.05) is 13.1 Å². The van der Waals surface area contributed by atoms with Gasteiger partial charge in [0.1, 0.15) is 5.75 Å². The van der Waals surface area contributed by atoms with E-state index in [0.29, 0.717) is 17.3 Å². The first-order valence-electron chi connectivity index (χ1n) is 6.53. The van der Waals surface area contributed by atoms with Crippen molar-refractivity contribution in [3.8, 4) is 5.75 Å². The second-order valence-corrected chi connectivity index (χ2v) is 5.28. The Morgan fingerprint density at radius 2 is 2.26 bits per heavy atom. The molecule has 1 aromatic carbocycles. The first-order chi connectivity index (χ1) is 9.08. The van der Waals surface area contributed by atoms with Gasteiger partial charge in [-0.3, -0.25) is 4.79 Å². The first kappa shape index (κ1) is 14.2. The van der Waals surface area contributed by atoms with Crippen LogP contribution >= 0.6 is 11.6 Å². The standard InChI is InChI=1S/C14H19ClN2O2/c1-10(19-13-7-3-2-6-12(13)15)14(18)17-8-4-5-11(16)9-17/h2-3,6-7,10-11H,4-5,8-9,16H2,1H3/t10-,11-/m1/s1. The number of hydrogen-bond donors (Lipinski definition) is 1. The molecule has 1 amide bonds. The Morgan fingerprint density at radius 3 is 2.95 bits per heavy atom. The second kappa shape index (κ2) is 6.26. The summed E-state index contributed by atoms with van der Waals surface area (Å²) in [7, 11) is 0. The van der Waals surface area contributed by atoms with E-state index >= 15 is 0 Å². The smallest absolute Gasteiger partial charge is 0.263 e. The molecular weight excluding hydrogens is 264 g/mol. The zero-order valence-electron chi connectivity index (χ0n) is 11.0. The normalized spacial score (nSPS) is 21.0. The van der Waals surface area contributed by atoms with E-state index in [4.69, 9.17) is 22.1 Å². The third-order valence-corrected chi connectivity index (χ3v) is 3.57. The predicted molar refractivity (Wildman–Crippen MR) is 75.3 cm³/mol. The number of carbonyl (C=O) groups is 1. The minimum Gasteiger partial charge on any atom is -0.479 e. The molecule has 1 heterocycles. The van der Waals surface area contributed by atoms with E-state index in [0.717, 1.165) is 19.4 Å². The van der Waals surface area contributed by atoms with Crippen molar-refractivity contribution in [2.45, 2.75) is 31.9 Å². The van der Waals surface area contributed by atoms with Crippen LogP contribution in [0.25, 0.3) is 0 Å². The molecule has 1 saturated heterocycles. The summed E-state index contributed by atoms with van der Waals surface area (Å²) in [6.07, 6.45) is 1.38. The summed E-state index contributed by atoms with van der Waals surface area (Å²) in [6, 6.07) is 7.23. The Bertz CT molecular complexity index is 453. The van der Waals surface area contributed by atoms with Gasteiger partial charge in [0.2, 0.25) is 0 Å². The van der Waals surface area contributed by atoms with Crippen LogP contribution in [0.2, 0.25) is 5.02 Å². The van der Waals surface area contributed by atoms with Crippen molar-refractivity contribution in [1.82, 2.24) is 4.90 Å². The molecule has 0 radical (unpaired) electrons. The van der Waals surface area contributed by atoms with Gasteiger partial charge in [-0.25, -0.2) is 0 Å². The summed E-state index contributed by atoms with van der Waals surface area (Å²) in [5.74, 6) is 0.501. The molecule has 1 aliphatic heterocycles. The molecule has 104 valence electrons. The Morgan fingerprint density at radius 1 is 1.53 bits per heavy atom. The van der Waals surface area contributed by atoms with Crippen molar-refractivity contribution in [2.24, 2.45) is 5.73 Å². The van der Waals surface area contributed by atoms with Crippen LogP contribution in [0.5, 0.6) is 5.75 Å². The highest BCUT2D eigenvalue weighted by atomic mass is 35.5. The average molecular weight is 283 g/mol. The fraction of sp³-hybridized carbons (Fsp3) is 0.500. The molecule has 0 aliphatic carbocycles. The number of likely N-dealkylation sites (tertiary alicyclic amines) is 1. The van der Waals surface area contributed by atoms with Gasteiger partial charge in [-0.2, -0.15) is 0 Å². The predicted octanol–water partition coefficient (Wildman–Crippen LogP) is 2.06. The number of hydrogen-bond acceptors (Lipinski definition) is 3. The summed E-state index contributed by atoms with van der Waals surface area (Å²) in [5.41, 5.74) is 5.88. The van der Waals surface area contributed by atoms with Crippen molar-refractivity contribution < 1.29 is 9.53 Å². The summed E-state index contributed by atoms with van der Waals surface area (Å²) >= 11 is 6.01.